The Kier molecular flexibility index (Phi) is 4.76. The van der Waals surface area contributed by atoms with Crippen LogP contribution in [0.1, 0.15) is 12.5 Å². The third-order valence-corrected chi connectivity index (χ3v) is 2.15. The largest absolute Gasteiger partial charge is 0.464 e. The second kappa shape index (κ2) is 6.29. The van der Waals surface area contributed by atoms with Crippen LogP contribution < -0.4 is 5.32 Å². The van der Waals surface area contributed by atoms with Crippen molar-refractivity contribution in [1.82, 2.24) is 5.32 Å². The van der Waals surface area contributed by atoms with Crippen molar-refractivity contribution in [3.63, 3.8) is 0 Å². The van der Waals surface area contributed by atoms with Crippen molar-refractivity contribution in [2.75, 3.05) is 7.11 Å². The van der Waals surface area contributed by atoms with Crippen molar-refractivity contribution in [3.8, 4) is 0 Å². The summed E-state index contributed by atoms with van der Waals surface area (Å²) in [6.07, 6.45) is 1.20. The highest BCUT2D eigenvalue weighted by atomic mass is 16.6. The van der Waals surface area contributed by atoms with E-state index in [-0.39, 0.29) is 16.9 Å². The van der Waals surface area contributed by atoms with Crippen LogP contribution in [-0.4, -0.2) is 23.9 Å². The first-order valence-corrected chi connectivity index (χ1v) is 5.26. The first-order chi connectivity index (χ1) is 8.95. The number of ether oxygens (including phenoxy) is 1. The monoisotopic (exact) mass is 264 g/mol. The summed E-state index contributed by atoms with van der Waals surface area (Å²) in [6, 6.07) is 5.85. The summed E-state index contributed by atoms with van der Waals surface area (Å²) < 4.78 is 4.49. The lowest BCUT2D eigenvalue weighted by atomic mass is 10.1. The van der Waals surface area contributed by atoms with Crippen LogP contribution in [-0.2, 0) is 14.3 Å². The molecule has 0 saturated carbocycles. The molecule has 1 amide bonds. The molecule has 0 atom stereocenters. The van der Waals surface area contributed by atoms with Gasteiger partial charge in [0.1, 0.15) is 5.70 Å². The molecule has 0 radical (unpaired) electrons. The van der Waals surface area contributed by atoms with Gasteiger partial charge in [0.05, 0.1) is 17.6 Å². The van der Waals surface area contributed by atoms with Gasteiger partial charge in [-0.3, -0.25) is 14.9 Å². The molecule has 7 heteroatoms. The van der Waals surface area contributed by atoms with Gasteiger partial charge >= 0.3 is 5.97 Å². The number of hydrogen-bond acceptors (Lipinski definition) is 5. The SMILES string of the molecule is COC(=O)/C(=C/c1ccccc1[N+](=O)[O-])NC(C)=O. The maximum Gasteiger partial charge on any atom is 0.354 e. The molecule has 0 aliphatic carbocycles. The molecule has 0 aliphatic heterocycles. The second-order valence-electron chi connectivity index (χ2n) is 3.55. The Bertz CT molecular complexity index is 551. The van der Waals surface area contributed by atoms with E-state index in [1.54, 1.807) is 6.07 Å². The van der Waals surface area contributed by atoms with Gasteiger partial charge in [0, 0.05) is 13.0 Å². The van der Waals surface area contributed by atoms with Gasteiger partial charge in [0.25, 0.3) is 5.69 Å². The molecule has 0 spiro atoms. The van der Waals surface area contributed by atoms with Gasteiger partial charge < -0.3 is 10.1 Å². The first-order valence-electron chi connectivity index (χ1n) is 5.26. The number of para-hydroxylation sites is 1. The standard InChI is InChI=1S/C12H12N2O5/c1-8(15)13-10(12(16)19-2)7-9-5-3-4-6-11(9)14(17)18/h3-7H,1-2H3,(H,13,15)/b10-7-. The number of hydrogen-bond donors (Lipinski definition) is 1. The summed E-state index contributed by atoms with van der Waals surface area (Å²) >= 11 is 0. The molecule has 1 rings (SSSR count). The fraction of sp³-hybridized carbons (Fsp3) is 0.167. The number of methoxy groups -OCH3 is 1. The normalized spacial score (nSPS) is 10.7. The van der Waals surface area contributed by atoms with E-state index in [1.165, 1.54) is 31.2 Å². The maximum absolute atomic E-state index is 11.5. The minimum absolute atomic E-state index is 0.163. The average Bonchev–Trinajstić information content (AvgIpc) is 2.36. The number of amides is 1. The molecule has 1 aromatic carbocycles. The van der Waals surface area contributed by atoms with Gasteiger partial charge in [-0.1, -0.05) is 12.1 Å². The predicted molar refractivity (Wildman–Crippen MR) is 66.9 cm³/mol. The maximum atomic E-state index is 11.5. The molecule has 100 valence electrons. The van der Waals surface area contributed by atoms with Crippen molar-refractivity contribution in [3.05, 3.63) is 45.6 Å². The van der Waals surface area contributed by atoms with Crippen molar-refractivity contribution in [2.24, 2.45) is 0 Å². The van der Waals surface area contributed by atoms with Crippen LogP contribution in [0.5, 0.6) is 0 Å². The topological polar surface area (TPSA) is 98.5 Å². The van der Waals surface area contributed by atoms with Crippen LogP contribution in [0.2, 0.25) is 0 Å². The van der Waals surface area contributed by atoms with Crippen LogP contribution in [0.3, 0.4) is 0 Å². The lowest BCUT2D eigenvalue weighted by molar-refractivity contribution is -0.385. The first kappa shape index (κ1) is 14.4. The number of carbonyl (C=O) groups is 2. The summed E-state index contributed by atoms with van der Waals surface area (Å²) in [7, 11) is 1.15. The quantitative estimate of drug-likeness (QED) is 0.382. The molecular formula is C12H12N2O5. The highest BCUT2D eigenvalue weighted by Crippen LogP contribution is 2.20. The molecule has 0 aromatic heterocycles. The van der Waals surface area contributed by atoms with E-state index in [1.807, 2.05) is 0 Å². The van der Waals surface area contributed by atoms with E-state index in [0.717, 1.165) is 7.11 Å². The molecule has 0 fully saturated rings. The van der Waals surface area contributed by atoms with Crippen molar-refractivity contribution >= 4 is 23.6 Å². The zero-order chi connectivity index (χ0) is 14.4. The van der Waals surface area contributed by atoms with Crippen LogP contribution in [0, 0.1) is 10.1 Å². The Morgan fingerprint density at radius 1 is 1.37 bits per heavy atom. The molecule has 1 aromatic rings. The summed E-state index contributed by atoms with van der Waals surface area (Å²) in [6.45, 7) is 1.22. The molecule has 1 N–H and O–H groups in total. The highest BCUT2D eigenvalue weighted by molar-refractivity contribution is 5.97. The fourth-order valence-corrected chi connectivity index (χ4v) is 1.38. The van der Waals surface area contributed by atoms with Crippen LogP contribution in [0.15, 0.2) is 30.0 Å². The molecule has 0 unspecified atom stereocenters. The Morgan fingerprint density at radius 3 is 2.53 bits per heavy atom. The van der Waals surface area contributed by atoms with Crippen molar-refractivity contribution < 1.29 is 19.2 Å². The second-order valence-corrected chi connectivity index (χ2v) is 3.55. The van der Waals surface area contributed by atoms with Crippen LogP contribution in [0.25, 0.3) is 6.08 Å². The lowest BCUT2D eigenvalue weighted by Gasteiger charge is -2.06. The number of benzene rings is 1. The molecular weight excluding hydrogens is 252 g/mol. The van der Waals surface area contributed by atoms with E-state index < -0.39 is 16.8 Å². The minimum Gasteiger partial charge on any atom is -0.464 e. The van der Waals surface area contributed by atoms with Gasteiger partial charge in [-0.05, 0) is 12.1 Å². The van der Waals surface area contributed by atoms with E-state index in [2.05, 4.69) is 10.1 Å². The van der Waals surface area contributed by atoms with Gasteiger partial charge in [-0.25, -0.2) is 4.79 Å². The third-order valence-electron chi connectivity index (χ3n) is 2.15. The Balaban J connectivity index is 3.25. The zero-order valence-corrected chi connectivity index (χ0v) is 10.4. The molecule has 0 saturated heterocycles. The molecule has 0 aliphatic rings. The summed E-state index contributed by atoms with van der Waals surface area (Å²) in [4.78, 5) is 32.7. The Hall–Kier alpha value is -2.70. The number of rotatable bonds is 4. The lowest BCUT2D eigenvalue weighted by Crippen LogP contribution is -2.25. The van der Waals surface area contributed by atoms with E-state index in [0.29, 0.717) is 0 Å². The molecule has 7 nitrogen and oxygen atoms in total. The fourth-order valence-electron chi connectivity index (χ4n) is 1.38. The smallest absolute Gasteiger partial charge is 0.354 e. The highest BCUT2D eigenvalue weighted by Gasteiger charge is 2.16. The van der Waals surface area contributed by atoms with E-state index in [9.17, 15) is 19.7 Å². The van der Waals surface area contributed by atoms with Crippen LogP contribution >= 0.6 is 0 Å². The summed E-state index contributed by atoms with van der Waals surface area (Å²) in [5.74, 6) is -1.26. The average molecular weight is 264 g/mol. The Labute approximate surface area is 109 Å². The van der Waals surface area contributed by atoms with Crippen molar-refractivity contribution in [2.45, 2.75) is 6.92 Å². The number of esters is 1. The Morgan fingerprint density at radius 2 is 2.00 bits per heavy atom. The summed E-state index contributed by atoms with van der Waals surface area (Å²) in [5, 5.41) is 13.1. The number of nitro benzene ring substituents is 1. The summed E-state index contributed by atoms with van der Waals surface area (Å²) in [5.41, 5.74) is -0.139. The van der Waals surface area contributed by atoms with Crippen LogP contribution in [0.4, 0.5) is 5.69 Å². The number of nitrogens with one attached hydrogen (secondary N) is 1. The van der Waals surface area contributed by atoms with Crippen molar-refractivity contribution in [1.29, 1.82) is 0 Å². The van der Waals surface area contributed by atoms with Gasteiger partial charge in [-0.15, -0.1) is 0 Å². The number of nitro groups is 1. The van der Waals surface area contributed by atoms with E-state index >= 15 is 0 Å². The van der Waals surface area contributed by atoms with E-state index in [4.69, 9.17) is 0 Å². The number of nitrogens with zero attached hydrogens (tertiary/aromatic N) is 1. The third kappa shape index (κ3) is 3.91. The molecule has 0 bridgehead atoms. The minimum atomic E-state index is -0.784. The predicted octanol–water partition coefficient (Wildman–Crippen LogP) is 1.24. The van der Waals surface area contributed by atoms with Gasteiger partial charge in [0.2, 0.25) is 5.91 Å². The zero-order valence-electron chi connectivity index (χ0n) is 10.4. The van der Waals surface area contributed by atoms with Gasteiger partial charge in [0.15, 0.2) is 0 Å². The van der Waals surface area contributed by atoms with Gasteiger partial charge in [-0.2, -0.15) is 0 Å². The molecule has 19 heavy (non-hydrogen) atoms. The molecule has 0 heterocycles. The number of carbonyl (C=O) groups excluding carboxylic acids is 2.